The lowest BCUT2D eigenvalue weighted by Crippen LogP contribution is -2.17. The number of hydrogen-bond acceptors (Lipinski definition) is 3. The average Bonchev–Trinajstić information content (AvgIpc) is 2.83. The molecular formula is C12H14BrN3O. The normalized spacial score (nSPS) is 12.6. The van der Waals surface area contributed by atoms with Crippen LogP contribution in [0.4, 0.5) is 0 Å². The second-order valence-electron chi connectivity index (χ2n) is 3.91. The van der Waals surface area contributed by atoms with E-state index in [1.165, 1.54) is 0 Å². The third-order valence-electron chi connectivity index (χ3n) is 2.66. The first kappa shape index (κ1) is 12.1. The van der Waals surface area contributed by atoms with Crippen LogP contribution in [0.2, 0.25) is 0 Å². The minimum absolute atomic E-state index is 0.187. The first-order valence-electron chi connectivity index (χ1n) is 5.36. The number of nitrogens with one attached hydrogen (secondary N) is 2. The lowest BCUT2D eigenvalue weighted by Gasteiger charge is -2.13. The second kappa shape index (κ2) is 5.33. The van der Waals surface area contributed by atoms with Crippen molar-refractivity contribution in [2.24, 2.45) is 0 Å². The Morgan fingerprint density at radius 3 is 3.06 bits per heavy atom. The molecule has 5 heteroatoms. The van der Waals surface area contributed by atoms with Crippen LogP contribution in [-0.2, 0) is 6.54 Å². The van der Waals surface area contributed by atoms with Crippen molar-refractivity contribution in [3.05, 3.63) is 46.2 Å². The van der Waals surface area contributed by atoms with Crippen LogP contribution in [-0.4, -0.2) is 15.3 Å². The van der Waals surface area contributed by atoms with Crippen LogP contribution < -0.4 is 5.32 Å². The van der Waals surface area contributed by atoms with E-state index < -0.39 is 0 Å². The van der Waals surface area contributed by atoms with Crippen molar-refractivity contribution in [3.63, 3.8) is 0 Å². The molecule has 0 bridgehead atoms. The first-order valence-corrected chi connectivity index (χ1v) is 6.15. The highest BCUT2D eigenvalue weighted by atomic mass is 79.9. The van der Waals surface area contributed by atoms with Crippen molar-refractivity contribution >= 4 is 15.9 Å². The molecule has 0 amide bonds. The topological polar surface area (TPSA) is 60.9 Å². The quantitative estimate of drug-likeness (QED) is 0.813. The number of halogens is 1. The van der Waals surface area contributed by atoms with Gasteiger partial charge in [0.25, 0.3) is 0 Å². The number of phenols is 1. The number of H-pyrrole nitrogens is 1. The van der Waals surface area contributed by atoms with Gasteiger partial charge in [0.2, 0.25) is 0 Å². The molecule has 2 aromatic rings. The molecule has 0 spiro atoms. The van der Waals surface area contributed by atoms with Crippen molar-refractivity contribution < 1.29 is 5.11 Å². The average molecular weight is 296 g/mol. The number of hydrogen-bond donors (Lipinski definition) is 3. The molecule has 0 aliphatic heterocycles. The smallest absolute Gasteiger partial charge is 0.120 e. The summed E-state index contributed by atoms with van der Waals surface area (Å²) in [6.45, 7) is 2.66. The van der Waals surface area contributed by atoms with Crippen LogP contribution in [0.15, 0.2) is 35.1 Å². The molecule has 90 valence electrons. The molecule has 0 saturated carbocycles. The van der Waals surface area contributed by atoms with Crippen molar-refractivity contribution in [1.82, 2.24) is 15.5 Å². The Hall–Kier alpha value is -1.33. The van der Waals surface area contributed by atoms with E-state index in [1.807, 2.05) is 18.3 Å². The molecule has 4 nitrogen and oxygen atoms in total. The van der Waals surface area contributed by atoms with Gasteiger partial charge in [-0.15, -0.1) is 0 Å². The standard InChI is InChI=1S/C12H14BrN3O/c1-8(10-6-15-16-7-10)14-5-9-4-11(13)2-3-12(9)17/h2-4,6-8,14,17H,5H2,1H3,(H,15,16). The molecule has 17 heavy (non-hydrogen) atoms. The van der Waals surface area contributed by atoms with Crippen LogP contribution >= 0.6 is 15.9 Å². The summed E-state index contributed by atoms with van der Waals surface area (Å²) in [5.74, 6) is 0.306. The van der Waals surface area contributed by atoms with Gasteiger partial charge in [0.1, 0.15) is 5.75 Å². The van der Waals surface area contributed by atoms with Crippen LogP contribution in [0.3, 0.4) is 0 Å². The van der Waals surface area contributed by atoms with Crippen LogP contribution in [0.5, 0.6) is 5.75 Å². The van der Waals surface area contributed by atoms with E-state index in [1.54, 1.807) is 12.3 Å². The van der Waals surface area contributed by atoms with Gasteiger partial charge in [-0.25, -0.2) is 0 Å². The summed E-state index contributed by atoms with van der Waals surface area (Å²) < 4.78 is 0.961. The summed E-state index contributed by atoms with van der Waals surface area (Å²) in [5.41, 5.74) is 1.97. The van der Waals surface area contributed by atoms with Gasteiger partial charge >= 0.3 is 0 Å². The van der Waals surface area contributed by atoms with Gasteiger partial charge in [-0.3, -0.25) is 5.10 Å². The van der Waals surface area contributed by atoms with E-state index in [0.717, 1.165) is 15.6 Å². The number of phenolic OH excluding ortho intramolecular Hbond substituents is 1. The fourth-order valence-electron chi connectivity index (χ4n) is 1.57. The zero-order valence-electron chi connectivity index (χ0n) is 9.44. The Balaban J connectivity index is 2.00. The van der Waals surface area contributed by atoms with E-state index in [2.05, 4.69) is 38.4 Å². The molecule has 0 saturated heterocycles. The molecule has 1 atom stereocenters. The predicted octanol–water partition coefficient (Wildman–Crippen LogP) is 2.73. The van der Waals surface area contributed by atoms with Gasteiger partial charge < -0.3 is 10.4 Å². The second-order valence-corrected chi connectivity index (χ2v) is 4.82. The van der Waals surface area contributed by atoms with E-state index in [-0.39, 0.29) is 6.04 Å². The molecular weight excluding hydrogens is 282 g/mol. The van der Waals surface area contributed by atoms with Crippen molar-refractivity contribution in [2.75, 3.05) is 0 Å². The fourth-order valence-corrected chi connectivity index (χ4v) is 1.98. The molecule has 0 fully saturated rings. The maximum Gasteiger partial charge on any atom is 0.120 e. The van der Waals surface area contributed by atoms with Crippen molar-refractivity contribution in [1.29, 1.82) is 0 Å². The van der Waals surface area contributed by atoms with Gasteiger partial charge in [-0.2, -0.15) is 5.10 Å². The Labute approximate surface area is 108 Å². The molecule has 2 rings (SSSR count). The molecule has 3 N–H and O–H groups in total. The van der Waals surface area contributed by atoms with E-state index in [4.69, 9.17) is 0 Å². The lowest BCUT2D eigenvalue weighted by molar-refractivity contribution is 0.460. The number of aromatic hydroxyl groups is 1. The number of aromatic nitrogens is 2. The Morgan fingerprint density at radius 1 is 1.53 bits per heavy atom. The molecule has 0 radical (unpaired) electrons. The lowest BCUT2D eigenvalue weighted by atomic mass is 10.1. The third-order valence-corrected chi connectivity index (χ3v) is 3.15. The number of rotatable bonds is 4. The minimum atomic E-state index is 0.187. The Kier molecular flexibility index (Phi) is 3.81. The number of benzene rings is 1. The van der Waals surface area contributed by atoms with E-state index in [9.17, 15) is 5.11 Å². The summed E-state index contributed by atoms with van der Waals surface area (Å²) in [7, 11) is 0. The number of nitrogens with zero attached hydrogens (tertiary/aromatic N) is 1. The summed E-state index contributed by atoms with van der Waals surface area (Å²) in [5, 5.41) is 19.7. The molecule has 0 aliphatic rings. The summed E-state index contributed by atoms with van der Waals surface area (Å²) in [6, 6.07) is 5.60. The maximum absolute atomic E-state index is 9.70. The van der Waals surface area contributed by atoms with Gasteiger partial charge in [0.15, 0.2) is 0 Å². The van der Waals surface area contributed by atoms with Gasteiger partial charge in [-0.1, -0.05) is 15.9 Å². The van der Waals surface area contributed by atoms with Crippen LogP contribution in [0.25, 0.3) is 0 Å². The minimum Gasteiger partial charge on any atom is -0.508 e. The highest BCUT2D eigenvalue weighted by Crippen LogP contribution is 2.22. The molecule has 0 aliphatic carbocycles. The maximum atomic E-state index is 9.70. The summed E-state index contributed by atoms with van der Waals surface area (Å²) in [6.07, 6.45) is 3.65. The van der Waals surface area contributed by atoms with E-state index in [0.29, 0.717) is 12.3 Å². The predicted molar refractivity (Wildman–Crippen MR) is 69.6 cm³/mol. The van der Waals surface area contributed by atoms with Crippen LogP contribution in [0.1, 0.15) is 24.1 Å². The van der Waals surface area contributed by atoms with Crippen molar-refractivity contribution in [2.45, 2.75) is 19.5 Å². The monoisotopic (exact) mass is 295 g/mol. The largest absolute Gasteiger partial charge is 0.508 e. The summed E-state index contributed by atoms with van der Waals surface area (Å²) in [4.78, 5) is 0. The van der Waals surface area contributed by atoms with Crippen molar-refractivity contribution in [3.8, 4) is 5.75 Å². The van der Waals surface area contributed by atoms with Crippen LogP contribution in [0, 0.1) is 0 Å². The van der Waals surface area contributed by atoms with Gasteiger partial charge in [-0.05, 0) is 25.1 Å². The SMILES string of the molecule is CC(NCc1cc(Br)ccc1O)c1cn[nH]c1. The fraction of sp³-hybridized carbons (Fsp3) is 0.250. The molecule has 1 aromatic heterocycles. The van der Waals surface area contributed by atoms with Gasteiger partial charge in [0, 0.05) is 34.4 Å². The Bertz CT molecular complexity index is 485. The Morgan fingerprint density at radius 2 is 2.35 bits per heavy atom. The third kappa shape index (κ3) is 3.08. The molecule has 1 heterocycles. The molecule has 1 unspecified atom stereocenters. The number of aromatic amines is 1. The van der Waals surface area contributed by atoms with Gasteiger partial charge in [0.05, 0.1) is 6.20 Å². The highest BCUT2D eigenvalue weighted by molar-refractivity contribution is 9.10. The first-order chi connectivity index (χ1) is 8.16. The molecule has 1 aromatic carbocycles. The van der Waals surface area contributed by atoms with E-state index >= 15 is 0 Å². The summed E-state index contributed by atoms with van der Waals surface area (Å²) >= 11 is 3.39. The zero-order valence-corrected chi connectivity index (χ0v) is 11.0. The zero-order chi connectivity index (χ0) is 12.3. The highest BCUT2D eigenvalue weighted by Gasteiger charge is 2.07.